The lowest BCUT2D eigenvalue weighted by Gasteiger charge is -2.14. The SMILES string of the molecule is COc1cc(N)c(Br)cc1C(=O)Oc1c(N)ccc2c1Cc1cc(N)ccc1-2. The Bertz CT molecular complexity index is 1130. The molecular formula is C21H18BrN3O3. The molecule has 0 bridgehead atoms. The van der Waals surface area contributed by atoms with Gasteiger partial charge in [-0.15, -0.1) is 0 Å². The molecule has 4 rings (SSSR count). The number of ether oxygens (including phenoxy) is 2. The number of fused-ring (bicyclic) bond motifs is 3. The monoisotopic (exact) mass is 439 g/mol. The molecular weight excluding hydrogens is 422 g/mol. The molecule has 28 heavy (non-hydrogen) atoms. The standard InChI is InChI=1S/C21H18BrN3O3/c1-27-19-9-18(25)16(22)8-15(19)21(26)28-20-14-7-10-6-11(23)2-3-12(10)13(14)4-5-17(20)24/h2-6,8-9H,7,23-25H2,1H3. The normalized spacial score (nSPS) is 11.6. The number of nitrogens with two attached hydrogens (primary N) is 3. The fourth-order valence-corrected chi connectivity index (χ4v) is 3.80. The molecule has 0 aromatic heterocycles. The first kappa shape index (κ1) is 18.2. The van der Waals surface area contributed by atoms with E-state index in [9.17, 15) is 4.79 Å². The molecule has 0 amide bonds. The van der Waals surface area contributed by atoms with Gasteiger partial charge in [-0.3, -0.25) is 0 Å². The van der Waals surface area contributed by atoms with E-state index in [-0.39, 0.29) is 5.56 Å². The highest BCUT2D eigenvalue weighted by Crippen LogP contribution is 2.44. The van der Waals surface area contributed by atoms with E-state index in [1.807, 2.05) is 24.3 Å². The van der Waals surface area contributed by atoms with Gasteiger partial charge < -0.3 is 26.7 Å². The fraction of sp³-hybridized carbons (Fsp3) is 0.0952. The Morgan fingerprint density at radius 3 is 2.50 bits per heavy atom. The highest BCUT2D eigenvalue weighted by atomic mass is 79.9. The maximum Gasteiger partial charge on any atom is 0.347 e. The average molecular weight is 440 g/mol. The van der Waals surface area contributed by atoms with Crippen molar-refractivity contribution < 1.29 is 14.3 Å². The molecule has 0 saturated carbocycles. The molecule has 6 nitrogen and oxygen atoms in total. The number of rotatable bonds is 3. The molecule has 0 aliphatic heterocycles. The third kappa shape index (κ3) is 2.93. The molecule has 3 aromatic rings. The summed E-state index contributed by atoms with van der Waals surface area (Å²) in [4.78, 5) is 12.9. The first-order valence-corrected chi connectivity index (χ1v) is 9.33. The van der Waals surface area contributed by atoms with Crippen LogP contribution in [0, 0.1) is 0 Å². The van der Waals surface area contributed by atoms with Gasteiger partial charge in [-0.05, 0) is 56.9 Å². The summed E-state index contributed by atoms with van der Waals surface area (Å²) in [5.74, 6) is 0.105. The fourth-order valence-electron chi connectivity index (χ4n) is 3.45. The minimum absolute atomic E-state index is 0.250. The summed E-state index contributed by atoms with van der Waals surface area (Å²) in [6.07, 6.45) is 0.589. The van der Waals surface area contributed by atoms with Crippen molar-refractivity contribution in [2.24, 2.45) is 0 Å². The predicted octanol–water partition coefficient (Wildman–Crippen LogP) is 3.99. The molecule has 0 radical (unpaired) electrons. The van der Waals surface area contributed by atoms with Gasteiger partial charge in [0.05, 0.1) is 12.8 Å². The predicted molar refractivity (Wildman–Crippen MR) is 114 cm³/mol. The van der Waals surface area contributed by atoms with Crippen molar-refractivity contribution in [2.45, 2.75) is 6.42 Å². The Labute approximate surface area is 170 Å². The zero-order chi connectivity index (χ0) is 20.0. The van der Waals surface area contributed by atoms with Crippen LogP contribution in [0.5, 0.6) is 11.5 Å². The summed E-state index contributed by atoms with van der Waals surface area (Å²) in [7, 11) is 1.47. The zero-order valence-electron chi connectivity index (χ0n) is 15.1. The van der Waals surface area contributed by atoms with Crippen molar-refractivity contribution in [3.8, 4) is 22.6 Å². The number of methoxy groups -OCH3 is 1. The van der Waals surface area contributed by atoms with Gasteiger partial charge in [0.2, 0.25) is 0 Å². The van der Waals surface area contributed by atoms with Crippen LogP contribution in [0.15, 0.2) is 46.9 Å². The number of esters is 1. The molecule has 3 aromatic carbocycles. The van der Waals surface area contributed by atoms with Crippen LogP contribution >= 0.6 is 15.9 Å². The van der Waals surface area contributed by atoms with Crippen molar-refractivity contribution in [1.29, 1.82) is 0 Å². The van der Waals surface area contributed by atoms with Crippen molar-refractivity contribution in [3.63, 3.8) is 0 Å². The minimum atomic E-state index is -0.576. The molecule has 142 valence electrons. The van der Waals surface area contributed by atoms with Gasteiger partial charge in [-0.25, -0.2) is 4.79 Å². The number of benzene rings is 3. The zero-order valence-corrected chi connectivity index (χ0v) is 16.7. The lowest BCUT2D eigenvalue weighted by Crippen LogP contribution is -2.13. The third-order valence-electron chi connectivity index (χ3n) is 4.81. The van der Waals surface area contributed by atoms with Crippen molar-refractivity contribution in [2.75, 3.05) is 24.3 Å². The molecule has 0 fully saturated rings. The van der Waals surface area contributed by atoms with Crippen LogP contribution in [0.25, 0.3) is 11.1 Å². The van der Waals surface area contributed by atoms with Gasteiger partial charge in [0.25, 0.3) is 0 Å². The first-order valence-electron chi connectivity index (χ1n) is 8.54. The Kier molecular flexibility index (Phi) is 4.39. The molecule has 1 aliphatic carbocycles. The minimum Gasteiger partial charge on any atom is -0.496 e. The summed E-state index contributed by atoms with van der Waals surface area (Å²) >= 11 is 3.33. The number of carbonyl (C=O) groups is 1. The van der Waals surface area contributed by atoms with E-state index in [2.05, 4.69) is 15.9 Å². The molecule has 1 aliphatic rings. The highest BCUT2D eigenvalue weighted by Gasteiger charge is 2.26. The number of carbonyl (C=O) groups excluding carboxylic acids is 1. The molecule has 0 heterocycles. The molecule has 0 unspecified atom stereocenters. The number of hydrogen-bond donors (Lipinski definition) is 3. The van der Waals surface area contributed by atoms with Gasteiger partial charge >= 0.3 is 5.97 Å². The largest absolute Gasteiger partial charge is 0.496 e. The van der Waals surface area contributed by atoms with E-state index in [0.717, 1.165) is 22.3 Å². The van der Waals surface area contributed by atoms with Crippen LogP contribution < -0.4 is 26.7 Å². The Morgan fingerprint density at radius 1 is 1.00 bits per heavy atom. The van der Waals surface area contributed by atoms with Crippen LogP contribution in [0.3, 0.4) is 0 Å². The van der Waals surface area contributed by atoms with E-state index in [4.69, 9.17) is 26.7 Å². The second kappa shape index (κ2) is 6.76. The average Bonchev–Trinajstić information content (AvgIpc) is 3.03. The molecule has 0 saturated heterocycles. The van der Waals surface area contributed by atoms with Gasteiger partial charge in [-0.2, -0.15) is 0 Å². The number of hydrogen-bond acceptors (Lipinski definition) is 6. The maximum atomic E-state index is 12.9. The lowest BCUT2D eigenvalue weighted by molar-refractivity contribution is 0.0731. The quantitative estimate of drug-likeness (QED) is 0.252. The van der Waals surface area contributed by atoms with Gasteiger partial charge in [-0.1, -0.05) is 12.1 Å². The Hall–Kier alpha value is -3.19. The molecule has 0 spiro atoms. The maximum absolute atomic E-state index is 12.9. The molecule has 7 heteroatoms. The van der Waals surface area contributed by atoms with Crippen molar-refractivity contribution in [1.82, 2.24) is 0 Å². The first-order chi connectivity index (χ1) is 13.4. The van der Waals surface area contributed by atoms with E-state index in [1.165, 1.54) is 7.11 Å². The van der Waals surface area contributed by atoms with E-state index in [1.54, 1.807) is 18.2 Å². The topological polar surface area (TPSA) is 114 Å². The second-order valence-electron chi connectivity index (χ2n) is 6.57. The number of halogens is 1. The summed E-state index contributed by atoms with van der Waals surface area (Å²) in [5, 5.41) is 0. The second-order valence-corrected chi connectivity index (χ2v) is 7.42. The summed E-state index contributed by atoms with van der Waals surface area (Å²) < 4.78 is 11.6. The van der Waals surface area contributed by atoms with Crippen LogP contribution in [-0.4, -0.2) is 13.1 Å². The van der Waals surface area contributed by atoms with E-state index < -0.39 is 5.97 Å². The summed E-state index contributed by atoms with van der Waals surface area (Å²) in [5.41, 5.74) is 23.7. The van der Waals surface area contributed by atoms with Crippen LogP contribution in [-0.2, 0) is 6.42 Å². The van der Waals surface area contributed by atoms with Gasteiger partial charge in [0.1, 0.15) is 11.3 Å². The highest BCUT2D eigenvalue weighted by molar-refractivity contribution is 9.10. The van der Waals surface area contributed by atoms with Crippen molar-refractivity contribution >= 4 is 39.0 Å². The van der Waals surface area contributed by atoms with Crippen LogP contribution in [0.2, 0.25) is 0 Å². The molecule has 6 N–H and O–H groups in total. The summed E-state index contributed by atoms with van der Waals surface area (Å²) in [6.45, 7) is 0. The van der Waals surface area contributed by atoms with Crippen LogP contribution in [0.4, 0.5) is 17.1 Å². The van der Waals surface area contributed by atoms with Gasteiger partial charge in [0.15, 0.2) is 5.75 Å². The molecule has 0 atom stereocenters. The van der Waals surface area contributed by atoms with E-state index >= 15 is 0 Å². The smallest absolute Gasteiger partial charge is 0.347 e. The van der Waals surface area contributed by atoms with Crippen molar-refractivity contribution in [3.05, 3.63) is 63.6 Å². The lowest BCUT2D eigenvalue weighted by atomic mass is 10.0. The van der Waals surface area contributed by atoms with E-state index in [0.29, 0.717) is 39.5 Å². The number of anilines is 3. The van der Waals surface area contributed by atoms with Gasteiger partial charge in [0, 0.05) is 33.9 Å². The number of nitrogen functional groups attached to an aromatic ring is 3. The summed E-state index contributed by atoms with van der Waals surface area (Å²) in [6, 6.07) is 12.6. The Morgan fingerprint density at radius 2 is 1.75 bits per heavy atom. The third-order valence-corrected chi connectivity index (χ3v) is 5.50. The Balaban J connectivity index is 1.75. The van der Waals surface area contributed by atoms with Crippen LogP contribution in [0.1, 0.15) is 21.5 Å².